The molecule has 0 saturated carbocycles. The normalized spacial score (nSPS) is 42.5. The van der Waals surface area contributed by atoms with Crippen LogP contribution in [0, 0.1) is 0 Å². The molecule has 3 atom stereocenters. The van der Waals surface area contributed by atoms with E-state index in [0.29, 0.717) is 0 Å². The van der Waals surface area contributed by atoms with Gasteiger partial charge >= 0.3 is 0 Å². The summed E-state index contributed by atoms with van der Waals surface area (Å²) in [7, 11) is 0. The van der Waals surface area contributed by atoms with E-state index in [4.69, 9.17) is 0 Å². The van der Waals surface area contributed by atoms with Crippen molar-refractivity contribution in [3.63, 3.8) is 0 Å². The molecule has 0 aromatic carbocycles. The van der Waals surface area contributed by atoms with Crippen molar-refractivity contribution in [3.05, 3.63) is 0 Å². The third kappa shape index (κ3) is 1.89. The lowest BCUT2D eigenvalue weighted by Gasteiger charge is -2.37. The minimum atomic E-state index is 0.819. The smallest absolute Gasteiger partial charge is 0.0226 e. The molecule has 2 heterocycles. The first-order valence-corrected chi connectivity index (χ1v) is 5.77. The van der Waals surface area contributed by atoms with Crippen molar-refractivity contribution in [2.45, 2.75) is 57.7 Å². The zero-order chi connectivity index (χ0) is 9.26. The van der Waals surface area contributed by atoms with E-state index in [1.54, 1.807) is 0 Å². The highest BCUT2D eigenvalue weighted by atomic mass is 15.2. The van der Waals surface area contributed by atoms with Crippen molar-refractivity contribution in [1.82, 2.24) is 10.2 Å². The fourth-order valence-corrected chi connectivity index (χ4v) is 3.02. The van der Waals surface area contributed by atoms with Gasteiger partial charge < -0.3 is 5.32 Å². The Morgan fingerprint density at radius 1 is 1.08 bits per heavy atom. The summed E-state index contributed by atoms with van der Waals surface area (Å²) in [6.07, 6.45) is 5.57. The number of hydrogen-bond donors (Lipinski definition) is 1. The number of hydrogen-bond acceptors (Lipinski definition) is 2. The number of nitrogens with one attached hydrogen (secondary N) is 1. The van der Waals surface area contributed by atoms with Crippen molar-refractivity contribution in [2.24, 2.45) is 0 Å². The van der Waals surface area contributed by atoms with Crippen molar-refractivity contribution < 1.29 is 0 Å². The molecule has 2 heteroatoms. The van der Waals surface area contributed by atoms with Crippen molar-refractivity contribution in [3.8, 4) is 0 Å². The Morgan fingerprint density at radius 2 is 1.77 bits per heavy atom. The van der Waals surface area contributed by atoms with Crippen LogP contribution in [0.15, 0.2) is 0 Å². The van der Waals surface area contributed by atoms with Crippen molar-refractivity contribution in [1.29, 1.82) is 0 Å². The van der Waals surface area contributed by atoms with Gasteiger partial charge in [-0.3, -0.25) is 4.90 Å². The van der Waals surface area contributed by atoms with Gasteiger partial charge in [-0.15, -0.1) is 0 Å². The molecule has 13 heavy (non-hydrogen) atoms. The van der Waals surface area contributed by atoms with Gasteiger partial charge in [0.2, 0.25) is 0 Å². The largest absolute Gasteiger partial charge is 0.315 e. The van der Waals surface area contributed by atoms with Gasteiger partial charge in [-0.2, -0.15) is 0 Å². The van der Waals surface area contributed by atoms with E-state index in [2.05, 4.69) is 24.1 Å². The third-order valence-corrected chi connectivity index (χ3v) is 3.71. The molecule has 0 aromatic heterocycles. The highest BCUT2D eigenvalue weighted by Crippen LogP contribution is 2.28. The maximum atomic E-state index is 3.51. The number of piperidine rings is 1. The minimum absolute atomic E-state index is 0.819. The van der Waals surface area contributed by atoms with Crippen LogP contribution >= 0.6 is 0 Å². The van der Waals surface area contributed by atoms with Crippen molar-refractivity contribution >= 4 is 0 Å². The van der Waals surface area contributed by atoms with E-state index in [-0.39, 0.29) is 0 Å². The van der Waals surface area contributed by atoms with Gasteiger partial charge in [-0.05, 0) is 46.1 Å². The second kappa shape index (κ2) is 3.97. The summed E-state index contributed by atoms with van der Waals surface area (Å²) in [6, 6.07) is 2.46. The summed E-state index contributed by atoms with van der Waals surface area (Å²) in [4.78, 5) is 2.74. The summed E-state index contributed by atoms with van der Waals surface area (Å²) in [5.74, 6) is 0. The van der Waals surface area contributed by atoms with Gasteiger partial charge in [0, 0.05) is 24.7 Å². The Balaban J connectivity index is 1.96. The molecule has 1 N–H and O–H groups in total. The molecule has 0 aromatic rings. The van der Waals surface area contributed by atoms with Gasteiger partial charge in [-0.1, -0.05) is 0 Å². The average molecular weight is 182 g/mol. The van der Waals surface area contributed by atoms with Gasteiger partial charge in [0.25, 0.3) is 0 Å². The van der Waals surface area contributed by atoms with E-state index in [0.717, 1.165) is 18.1 Å². The van der Waals surface area contributed by atoms with Crippen LogP contribution in [0.3, 0.4) is 0 Å². The molecule has 0 bridgehead atoms. The van der Waals surface area contributed by atoms with E-state index in [9.17, 15) is 0 Å². The molecule has 76 valence electrons. The SMILES string of the molecule is C[C@@H]1CC[C@@H](C)N1[C@H]1CCCNC1. The summed E-state index contributed by atoms with van der Waals surface area (Å²) >= 11 is 0. The summed E-state index contributed by atoms with van der Waals surface area (Å²) in [6.45, 7) is 7.22. The maximum absolute atomic E-state index is 3.51. The zero-order valence-corrected chi connectivity index (χ0v) is 8.92. The Morgan fingerprint density at radius 3 is 2.31 bits per heavy atom. The van der Waals surface area contributed by atoms with Crippen LogP contribution in [-0.2, 0) is 0 Å². The molecule has 2 aliphatic heterocycles. The molecule has 0 spiro atoms. The molecule has 0 amide bonds. The second-order valence-electron chi connectivity index (χ2n) is 4.72. The Labute approximate surface area is 81.7 Å². The minimum Gasteiger partial charge on any atom is -0.315 e. The quantitative estimate of drug-likeness (QED) is 0.663. The van der Waals surface area contributed by atoms with E-state index in [1.165, 1.54) is 38.8 Å². The molecular formula is C11H22N2. The van der Waals surface area contributed by atoms with E-state index < -0.39 is 0 Å². The van der Waals surface area contributed by atoms with Crippen molar-refractivity contribution in [2.75, 3.05) is 13.1 Å². The molecule has 2 rings (SSSR count). The molecule has 0 unspecified atom stereocenters. The fraction of sp³-hybridized carbons (Fsp3) is 1.00. The molecule has 2 saturated heterocycles. The molecule has 2 aliphatic rings. The first-order chi connectivity index (χ1) is 6.29. The molecule has 0 aliphatic carbocycles. The lowest BCUT2D eigenvalue weighted by molar-refractivity contribution is 0.122. The molecule has 2 fully saturated rings. The van der Waals surface area contributed by atoms with Crippen LogP contribution in [0.2, 0.25) is 0 Å². The summed E-state index contributed by atoms with van der Waals surface area (Å²) in [5.41, 5.74) is 0. The zero-order valence-electron chi connectivity index (χ0n) is 8.92. The number of likely N-dealkylation sites (tertiary alicyclic amines) is 1. The Kier molecular flexibility index (Phi) is 2.89. The summed E-state index contributed by atoms with van der Waals surface area (Å²) < 4.78 is 0. The van der Waals surface area contributed by atoms with Crippen LogP contribution < -0.4 is 5.32 Å². The van der Waals surface area contributed by atoms with Gasteiger partial charge in [-0.25, -0.2) is 0 Å². The van der Waals surface area contributed by atoms with Crippen LogP contribution in [0.1, 0.15) is 39.5 Å². The molecule has 0 radical (unpaired) electrons. The van der Waals surface area contributed by atoms with Gasteiger partial charge in [0.1, 0.15) is 0 Å². The fourth-order valence-electron chi connectivity index (χ4n) is 3.02. The van der Waals surface area contributed by atoms with Crippen LogP contribution in [0.25, 0.3) is 0 Å². The Bertz CT molecular complexity index is 153. The molecular weight excluding hydrogens is 160 g/mol. The van der Waals surface area contributed by atoms with Gasteiger partial charge in [0.15, 0.2) is 0 Å². The third-order valence-electron chi connectivity index (χ3n) is 3.71. The van der Waals surface area contributed by atoms with Gasteiger partial charge in [0.05, 0.1) is 0 Å². The predicted molar refractivity (Wildman–Crippen MR) is 55.9 cm³/mol. The lowest BCUT2D eigenvalue weighted by atomic mass is 10.0. The average Bonchev–Trinajstić information content (AvgIpc) is 2.48. The van der Waals surface area contributed by atoms with E-state index >= 15 is 0 Å². The lowest BCUT2D eigenvalue weighted by Crippen LogP contribution is -2.49. The topological polar surface area (TPSA) is 15.3 Å². The highest BCUT2D eigenvalue weighted by Gasteiger charge is 2.33. The van der Waals surface area contributed by atoms with Crippen LogP contribution in [-0.4, -0.2) is 36.1 Å². The standard InChI is InChI=1S/C11H22N2/c1-9-5-6-10(2)13(9)11-4-3-7-12-8-11/h9-12H,3-8H2,1-2H3/t9-,10-,11+/m1/s1. The maximum Gasteiger partial charge on any atom is 0.0226 e. The predicted octanol–water partition coefficient (Wildman–Crippen LogP) is 1.61. The second-order valence-corrected chi connectivity index (χ2v) is 4.72. The van der Waals surface area contributed by atoms with Crippen LogP contribution in [0.5, 0.6) is 0 Å². The molecule has 2 nitrogen and oxygen atoms in total. The van der Waals surface area contributed by atoms with E-state index in [1.807, 2.05) is 0 Å². The number of rotatable bonds is 1. The highest BCUT2D eigenvalue weighted by molar-refractivity contribution is 4.90. The first-order valence-electron chi connectivity index (χ1n) is 5.77. The van der Waals surface area contributed by atoms with Crippen LogP contribution in [0.4, 0.5) is 0 Å². The number of nitrogens with zero attached hydrogens (tertiary/aromatic N) is 1. The first kappa shape index (κ1) is 9.47. The summed E-state index contributed by atoms with van der Waals surface area (Å²) in [5, 5.41) is 3.51. The Hall–Kier alpha value is -0.0800. The monoisotopic (exact) mass is 182 g/mol.